The molecule has 0 aliphatic carbocycles. The van der Waals surface area contributed by atoms with E-state index in [1.165, 1.54) is 7.11 Å². The van der Waals surface area contributed by atoms with Crippen molar-refractivity contribution in [2.45, 2.75) is 19.4 Å². The number of hydrogen-bond donors (Lipinski definition) is 2. The van der Waals surface area contributed by atoms with Crippen LogP contribution in [0, 0.1) is 0 Å². The van der Waals surface area contributed by atoms with Crippen LogP contribution in [0.1, 0.15) is 22.3 Å². The fraction of sp³-hybridized carbons (Fsp3) is 0.526. The van der Waals surface area contributed by atoms with E-state index in [2.05, 4.69) is 32.0 Å². The highest BCUT2D eigenvalue weighted by Gasteiger charge is 2.27. The van der Waals surface area contributed by atoms with Crippen molar-refractivity contribution in [3.05, 3.63) is 23.4 Å². The summed E-state index contributed by atoms with van der Waals surface area (Å²) in [6.45, 7) is 4.18. The van der Waals surface area contributed by atoms with Crippen LogP contribution in [0.15, 0.2) is 12.3 Å². The standard InChI is InChI=1S/C19H26N6O3/c1-23-5-3-6-24(9-8-23)19(27)13-10-15-17-14(4-7-25(15)11-13)18(22-21-17)20-16(26)12-28-2/h10-11H,3-9,12H2,1-2H3,(H2,20,21,22,26). The molecular weight excluding hydrogens is 360 g/mol. The highest BCUT2D eigenvalue weighted by Crippen LogP contribution is 2.33. The summed E-state index contributed by atoms with van der Waals surface area (Å²) in [6, 6.07) is 1.92. The summed E-state index contributed by atoms with van der Waals surface area (Å²) in [5.74, 6) is 0.375. The number of carbonyl (C=O) groups is 2. The molecule has 0 spiro atoms. The Morgan fingerprint density at radius 1 is 1.25 bits per heavy atom. The molecular formula is C19H26N6O3. The number of methoxy groups -OCH3 is 1. The number of nitrogens with one attached hydrogen (secondary N) is 2. The first-order valence-corrected chi connectivity index (χ1v) is 9.61. The maximum atomic E-state index is 13.0. The zero-order valence-corrected chi connectivity index (χ0v) is 16.3. The third kappa shape index (κ3) is 3.55. The van der Waals surface area contributed by atoms with Gasteiger partial charge >= 0.3 is 0 Å². The van der Waals surface area contributed by atoms with Crippen molar-refractivity contribution in [2.75, 3.05) is 52.3 Å². The Kier molecular flexibility index (Phi) is 5.19. The van der Waals surface area contributed by atoms with Crippen LogP contribution in [-0.4, -0.2) is 83.3 Å². The van der Waals surface area contributed by atoms with Gasteiger partial charge in [-0.3, -0.25) is 14.7 Å². The number of aryl methyl sites for hydroxylation is 1. The van der Waals surface area contributed by atoms with Crippen LogP contribution in [0.3, 0.4) is 0 Å². The molecule has 28 heavy (non-hydrogen) atoms. The van der Waals surface area contributed by atoms with Gasteiger partial charge in [-0.2, -0.15) is 5.10 Å². The first kappa shape index (κ1) is 18.7. The van der Waals surface area contributed by atoms with E-state index in [0.29, 0.717) is 11.4 Å². The Balaban J connectivity index is 1.55. The van der Waals surface area contributed by atoms with Gasteiger partial charge in [0.15, 0.2) is 5.82 Å². The number of aromatic nitrogens is 3. The average molecular weight is 386 g/mol. The second kappa shape index (κ2) is 7.76. The molecule has 4 heterocycles. The van der Waals surface area contributed by atoms with Crippen molar-refractivity contribution in [3.63, 3.8) is 0 Å². The van der Waals surface area contributed by atoms with Gasteiger partial charge in [-0.1, -0.05) is 0 Å². The number of H-pyrrole nitrogens is 1. The van der Waals surface area contributed by atoms with Crippen molar-refractivity contribution in [3.8, 4) is 11.4 Å². The maximum absolute atomic E-state index is 13.0. The van der Waals surface area contributed by atoms with Gasteiger partial charge < -0.3 is 24.4 Å². The van der Waals surface area contributed by atoms with Gasteiger partial charge in [-0.05, 0) is 32.5 Å². The van der Waals surface area contributed by atoms with E-state index in [0.717, 1.165) is 62.5 Å². The van der Waals surface area contributed by atoms with Gasteiger partial charge in [0.2, 0.25) is 0 Å². The molecule has 2 aliphatic heterocycles. The van der Waals surface area contributed by atoms with Gasteiger partial charge in [-0.25, -0.2) is 0 Å². The van der Waals surface area contributed by atoms with E-state index in [9.17, 15) is 9.59 Å². The molecule has 2 aromatic heterocycles. The third-order valence-corrected chi connectivity index (χ3v) is 5.41. The lowest BCUT2D eigenvalue weighted by atomic mass is 10.1. The number of fused-ring (bicyclic) bond motifs is 3. The molecule has 2 N–H and O–H groups in total. The molecule has 0 unspecified atom stereocenters. The summed E-state index contributed by atoms with van der Waals surface area (Å²) in [5.41, 5.74) is 3.45. The summed E-state index contributed by atoms with van der Waals surface area (Å²) in [4.78, 5) is 29.0. The Morgan fingerprint density at radius 2 is 2.11 bits per heavy atom. The smallest absolute Gasteiger partial charge is 0.255 e. The van der Waals surface area contributed by atoms with Gasteiger partial charge in [0.1, 0.15) is 6.61 Å². The normalized spacial score (nSPS) is 17.0. The lowest BCUT2D eigenvalue weighted by molar-refractivity contribution is -0.119. The molecule has 2 amide bonds. The van der Waals surface area contributed by atoms with Crippen molar-refractivity contribution < 1.29 is 14.3 Å². The van der Waals surface area contributed by atoms with Crippen LogP contribution in [-0.2, 0) is 22.5 Å². The summed E-state index contributed by atoms with van der Waals surface area (Å²) in [6.07, 6.45) is 3.66. The van der Waals surface area contributed by atoms with Crippen LogP contribution in [0.25, 0.3) is 11.4 Å². The highest BCUT2D eigenvalue weighted by molar-refractivity contribution is 5.96. The fourth-order valence-corrected chi connectivity index (χ4v) is 3.91. The quantitative estimate of drug-likeness (QED) is 0.810. The summed E-state index contributed by atoms with van der Waals surface area (Å²) >= 11 is 0. The molecule has 150 valence electrons. The molecule has 1 fully saturated rings. The molecule has 0 bridgehead atoms. The van der Waals surface area contributed by atoms with Gasteiger partial charge in [0.25, 0.3) is 11.8 Å². The van der Waals surface area contributed by atoms with Crippen LogP contribution in [0.2, 0.25) is 0 Å². The van der Waals surface area contributed by atoms with E-state index in [4.69, 9.17) is 4.74 Å². The van der Waals surface area contributed by atoms with E-state index in [-0.39, 0.29) is 18.4 Å². The number of aromatic amines is 1. The van der Waals surface area contributed by atoms with Crippen molar-refractivity contribution in [1.29, 1.82) is 0 Å². The first-order chi connectivity index (χ1) is 13.6. The summed E-state index contributed by atoms with van der Waals surface area (Å²) in [5, 5.41) is 10.1. The number of amides is 2. The van der Waals surface area contributed by atoms with Gasteiger partial charge in [0, 0.05) is 45.0 Å². The Morgan fingerprint density at radius 3 is 2.93 bits per heavy atom. The predicted molar refractivity (Wildman–Crippen MR) is 104 cm³/mol. The van der Waals surface area contributed by atoms with Gasteiger partial charge in [0.05, 0.1) is 17.0 Å². The molecule has 0 radical (unpaired) electrons. The largest absolute Gasteiger partial charge is 0.375 e. The maximum Gasteiger partial charge on any atom is 0.255 e. The Hall–Kier alpha value is -2.65. The molecule has 0 saturated carbocycles. The number of anilines is 1. The number of rotatable bonds is 4. The third-order valence-electron chi connectivity index (χ3n) is 5.41. The highest BCUT2D eigenvalue weighted by atomic mass is 16.5. The number of nitrogens with zero attached hydrogens (tertiary/aromatic N) is 4. The second-order valence-corrected chi connectivity index (χ2v) is 7.41. The monoisotopic (exact) mass is 386 g/mol. The van der Waals surface area contributed by atoms with E-state index < -0.39 is 0 Å². The number of hydrogen-bond acceptors (Lipinski definition) is 5. The fourth-order valence-electron chi connectivity index (χ4n) is 3.91. The molecule has 1 saturated heterocycles. The molecule has 0 atom stereocenters. The molecule has 2 aromatic rings. The zero-order chi connectivity index (χ0) is 19.7. The molecule has 2 aliphatic rings. The van der Waals surface area contributed by atoms with Crippen molar-refractivity contribution in [1.82, 2.24) is 24.6 Å². The lowest BCUT2D eigenvalue weighted by Gasteiger charge is -2.19. The second-order valence-electron chi connectivity index (χ2n) is 7.41. The van der Waals surface area contributed by atoms with Crippen LogP contribution in [0.5, 0.6) is 0 Å². The van der Waals surface area contributed by atoms with Gasteiger partial charge in [-0.15, -0.1) is 0 Å². The number of ether oxygens (including phenoxy) is 1. The van der Waals surface area contributed by atoms with Crippen LogP contribution in [0.4, 0.5) is 5.82 Å². The minimum atomic E-state index is -0.236. The lowest BCUT2D eigenvalue weighted by Crippen LogP contribution is -2.34. The first-order valence-electron chi connectivity index (χ1n) is 9.61. The summed E-state index contributed by atoms with van der Waals surface area (Å²) in [7, 11) is 3.57. The average Bonchev–Trinajstić information content (AvgIpc) is 3.21. The van der Waals surface area contributed by atoms with Crippen molar-refractivity contribution in [2.24, 2.45) is 0 Å². The predicted octanol–water partition coefficient (Wildman–Crippen LogP) is 0.797. The minimum Gasteiger partial charge on any atom is -0.375 e. The van der Waals surface area contributed by atoms with E-state index in [1.807, 2.05) is 17.2 Å². The van der Waals surface area contributed by atoms with E-state index in [1.54, 1.807) is 0 Å². The molecule has 0 aromatic carbocycles. The molecule has 9 nitrogen and oxygen atoms in total. The molecule has 4 rings (SSSR count). The Bertz CT molecular complexity index is 886. The molecule has 9 heteroatoms. The topological polar surface area (TPSA) is 95.5 Å². The number of likely N-dealkylation sites (N-methyl/N-ethyl adjacent to an activating group) is 1. The number of carbonyl (C=O) groups excluding carboxylic acids is 2. The van der Waals surface area contributed by atoms with Crippen LogP contribution >= 0.6 is 0 Å². The van der Waals surface area contributed by atoms with E-state index >= 15 is 0 Å². The Labute approximate surface area is 163 Å². The van der Waals surface area contributed by atoms with Crippen LogP contribution < -0.4 is 5.32 Å². The minimum absolute atomic E-state index is 0.0122. The SMILES string of the molecule is COCC(=O)Nc1n[nH]c2c1CCn1cc(C(=O)N3CCCN(C)CC3)cc1-2. The zero-order valence-electron chi connectivity index (χ0n) is 16.3. The summed E-state index contributed by atoms with van der Waals surface area (Å²) < 4.78 is 6.94. The van der Waals surface area contributed by atoms with Crippen molar-refractivity contribution >= 4 is 17.6 Å².